The van der Waals surface area contributed by atoms with E-state index in [9.17, 15) is 19.4 Å². The van der Waals surface area contributed by atoms with Crippen LogP contribution in [0.25, 0.3) is 0 Å². The van der Waals surface area contributed by atoms with Gasteiger partial charge in [-0.25, -0.2) is 0 Å². The molecule has 0 radical (unpaired) electrons. The van der Waals surface area contributed by atoms with Crippen molar-refractivity contribution in [3.05, 3.63) is 97.2 Å². The monoisotopic (exact) mass is 1190 g/mol. The Bertz CT molecular complexity index is 1690. The molecule has 0 aromatic rings. The highest BCUT2D eigenvalue weighted by atomic mass is 31.2. The highest BCUT2D eigenvalue weighted by Crippen LogP contribution is 2.38. The number of rotatable bonds is 65. The van der Waals surface area contributed by atoms with Crippen molar-refractivity contribution < 1.29 is 32.9 Å². The molecule has 0 heterocycles. The number of hydrogen-bond acceptors (Lipinski definition) is 6. The quantitative estimate of drug-likeness (QED) is 0.0272. The second kappa shape index (κ2) is 64.9. The Kier molecular flexibility index (Phi) is 62.9. The van der Waals surface area contributed by atoms with E-state index >= 15 is 0 Å². The Morgan fingerprint density at radius 2 is 0.738 bits per heavy atom. The lowest BCUT2D eigenvalue weighted by molar-refractivity contribution is -0.870. The lowest BCUT2D eigenvalue weighted by atomic mass is 10.0. The van der Waals surface area contributed by atoms with E-state index in [2.05, 4.69) is 104 Å². The van der Waals surface area contributed by atoms with Gasteiger partial charge in [0.2, 0.25) is 5.91 Å². The Balaban J connectivity index is 3.99. The molecule has 0 fully saturated rings. The van der Waals surface area contributed by atoms with Crippen LogP contribution in [0, 0.1) is 0 Å². The molecule has 0 aliphatic heterocycles. The lowest BCUT2D eigenvalue weighted by Gasteiger charge is -2.29. The van der Waals surface area contributed by atoms with Crippen molar-refractivity contribution in [2.24, 2.45) is 0 Å². The Morgan fingerprint density at radius 3 is 1.11 bits per heavy atom. The zero-order valence-corrected chi connectivity index (χ0v) is 56.7. The van der Waals surface area contributed by atoms with E-state index in [0.717, 1.165) is 77.0 Å². The van der Waals surface area contributed by atoms with E-state index < -0.39 is 26.6 Å². The van der Waals surface area contributed by atoms with Crippen LogP contribution >= 0.6 is 7.82 Å². The Morgan fingerprint density at radius 1 is 0.429 bits per heavy atom. The van der Waals surface area contributed by atoms with Gasteiger partial charge in [-0.3, -0.25) is 9.36 Å². The number of nitrogens with zero attached hydrogens (tertiary/aromatic N) is 1. The zero-order valence-electron chi connectivity index (χ0n) is 55.8. The maximum atomic E-state index is 13.0. The van der Waals surface area contributed by atoms with Crippen molar-refractivity contribution in [3.8, 4) is 0 Å². The van der Waals surface area contributed by atoms with Gasteiger partial charge in [0.25, 0.3) is 7.82 Å². The van der Waals surface area contributed by atoms with Crippen molar-refractivity contribution >= 4 is 13.7 Å². The van der Waals surface area contributed by atoms with E-state index in [-0.39, 0.29) is 12.5 Å². The van der Waals surface area contributed by atoms with Gasteiger partial charge < -0.3 is 28.8 Å². The highest BCUT2D eigenvalue weighted by Gasteiger charge is 2.23. The van der Waals surface area contributed by atoms with Gasteiger partial charge in [-0.15, -0.1) is 0 Å². The maximum absolute atomic E-state index is 13.0. The highest BCUT2D eigenvalue weighted by molar-refractivity contribution is 7.45. The predicted molar refractivity (Wildman–Crippen MR) is 366 cm³/mol. The number of allylic oxidation sites excluding steroid dienone is 15. The third-order valence-electron chi connectivity index (χ3n) is 15.8. The summed E-state index contributed by atoms with van der Waals surface area (Å²) in [6.45, 7) is 4.55. The number of amides is 1. The van der Waals surface area contributed by atoms with E-state index in [0.29, 0.717) is 17.4 Å². The van der Waals surface area contributed by atoms with Gasteiger partial charge in [0.05, 0.1) is 39.9 Å². The number of aliphatic hydroxyl groups excluding tert-OH is 1. The van der Waals surface area contributed by atoms with Crippen LogP contribution in [0.1, 0.15) is 322 Å². The molecule has 0 rings (SSSR count). The average Bonchev–Trinajstić information content (AvgIpc) is 3.56. The summed E-state index contributed by atoms with van der Waals surface area (Å²) in [5.74, 6) is -0.204. The van der Waals surface area contributed by atoms with Gasteiger partial charge in [-0.2, -0.15) is 0 Å². The SMILES string of the molecule is CC/C=C\C/C=C\C/C=C\C/C=C\C/C=C\C/C=C\CCCCCCCCCCCCCCCCCCCCCCCCC(=O)NC(COP(=O)([O-])OCC[N+](C)(C)C)C(O)/C=C/CC/C=C/CCCCCCCCCCCCCCCCC. The zero-order chi connectivity index (χ0) is 61.2. The fourth-order valence-electron chi connectivity index (χ4n) is 10.3. The predicted octanol–water partition coefficient (Wildman–Crippen LogP) is 22.3. The largest absolute Gasteiger partial charge is 0.756 e. The normalized spacial score (nSPS) is 14.2. The van der Waals surface area contributed by atoms with Crippen LogP contribution in [0.15, 0.2) is 97.2 Å². The van der Waals surface area contributed by atoms with E-state index in [4.69, 9.17) is 9.05 Å². The van der Waals surface area contributed by atoms with Crippen LogP contribution in [0.4, 0.5) is 0 Å². The first-order chi connectivity index (χ1) is 41.0. The minimum absolute atomic E-state index is 0.00719. The van der Waals surface area contributed by atoms with Crippen LogP contribution in [0.2, 0.25) is 0 Å². The van der Waals surface area contributed by atoms with Crippen molar-refractivity contribution in [1.29, 1.82) is 0 Å². The summed E-state index contributed by atoms with van der Waals surface area (Å²) >= 11 is 0. The van der Waals surface area contributed by atoms with Gasteiger partial charge >= 0.3 is 0 Å². The smallest absolute Gasteiger partial charge is 0.268 e. The summed E-state index contributed by atoms with van der Waals surface area (Å²) < 4.78 is 23.4. The summed E-state index contributed by atoms with van der Waals surface area (Å²) in [6.07, 6.45) is 94.0. The Labute approximate surface area is 521 Å². The molecule has 0 aliphatic carbocycles. The fraction of sp³-hybridized carbons (Fsp3) is 0.773. The van der Waals surface area contributed by atoms with Gasteiger partial charge in [-0.05, 0) is 83.5 Å². The Hall–Kier alpha value is -2.58. The number of quaternary nitrogens is 1. The summed E-state index contributed by atoms with van der Waals surface area (Å²) in [6, 6.07) is -0.907. The number of unbranched alkanes of at least 4 members (excludes halogenated alkanes) is 38. The number of aliphatic hydroxyl groups is 1. The molecular formula is C75H137N2O6P. The number of phosphoric ester groups is 1. The molecule has 0 bridgehead atoms. The molecule has 0 spiro atoms. The number of hydrogen-bond donors (Lipinski definition) is 2. The van der Waals surface area contributed by atoms with Crippen molar-refractivity contribution in [2.45, 2.75) is 334 Å². The molecule has 0 saturated carbocycles. The second-order valence-electron chi connectivity index (χ2n) is 25.2. The van der Waals surface area contributed by atoms with E-state index in [1.54, 1.807) is 6.08 Å². The molecule has 0 aliphatic rings. The first-order valence-electron chi connectivity index (χ1n) is 35.6. The summed E-state index contributed by atoms with van der Waals surface area (Å²) in [7, 11) is 1.25. The van der Waals surface area contributed by atoms with Crippen LogP contribution in [0.3, 0.4) is 0 Å². The molecule has 0 aromatic heterocycles. The molecule has 488 valence electrons. The van der Waals surface area contributed by atoms with Crippen LogP contribution in [-0.4, -0.2) is 68.5 Å². The molecule has 3 atom stereocenters. The number of likely N-dealkylation sites (N-methyl/N-ethyl adjacent to an activating group) is 1. The fourth-order valence-corrected chi connectivity index (χ4v) is 11.0. The standard InChI is InChI=1S/C75H137N2O6P/c1-6-8-10-12-14-16-18-20-22-24-26-28-29-30-31-32-33-34-35-36-37-38-39-40-41-42-43-44-45-46-47-49-51-53-55-57-59-61-63-65-67-69-75(79)76-73(72-83-84(80,81)82-71-70-77(3,4)5)74(78)68-66-64-62-60-58-56-54-52-50-48-27-25-23-21-19-17-15-13-11-9-7-2/h8,10,14,16,20,22,26,28,30-31,33-34,58,60,66,68,73-74,78H,6-7,9,11-13,15,17-19,21,23-25,27,29,32,35-57,59,61-65,67,69-72H2,1-5H3,(H-,76,79,80,81)/b10-8-,16-14-,22-20-,28-26-,31-30-,34-33-,60-58+,68-66+. The van der Waals surface area contributed by atoms with Gasteiger partial charge in [-0.1, -0.05) is 329 Å². The molecule has 3 unspecified atom stereocenters. The van der Waals surface area contributed by atoms with Crippen molar-refractivity contribution in [3.63, 3.8) is 0 Å². The molecule has 2 N–H and O–H groups in total. The molecule has 84 heavy (non-hydrogen) atoms. The summed E-state index contributed by atoms with van der Waals surface area (Å²) in [5.41, 5.74) is 0. The summed E-state index contributed by atoms with van der Waals surface area (Å²) in [4.78, 5) is 25.6. The van der Waals surface area contributed by atoms with Gasteiger partial charge in [0.15, 0.2) is 0 Å². The van der Waals surface area contributed by atoms with Crippen LogP contribution in [-0.2, 0) is 18.4 Å². The van der Waals surface area contributed by atoms with Crippen molar-refractivity contribution in [2.75, 3.05) is 40.9 Å². The molecule has 0 saturated heterocycles. The average molecular weight is 1190 g/mol. The first kappa shape index (κ1) is 81.4. The van der Waals surface area contributed by atoms with Crippen molar-refractivity contribution in [1.82, 2.24) is 5.32 Å². The second-order valence-corrected chi connectivity index (χ2v) is 26.6. The molecule has 8 nitrogen and oxygen atoms in total. The number of phosphoric acid groups is 1. The lowest BCUT2D eigenvalue weighted by Crippen LogP contribution is -2.45. The topological polar surface area (TPSA) is 108 Å². The molecule has 9 heteroatoms. The van der Waals surface area contributed by atoms with E-state index in [1.807, 2.05) is 27.2 Å². The minimum atomic E-state index is -4.61. The van der Waals surface area contributed by atoms with E-state index in [1.165, 1.54) is 225 Å². The number of carbonyl (C=O) groups excluding carboxylic acids is 1. The van der Waals surface area contributed by atoms with Gasteiger partial charge in [0.1, 0.15) is 13.2 Å². The first-order valence-corrected chi connectivity index (χ1v) is 37.1. The number of nitrogens with one attached hydrogen (secondary N) is 1. The summed E-state index contributed by atoms with van der Waals surface area (Å²) in [5, 5.41) is 13.9. The van der Waals surface area contributed by atoms with Crippen LogP contribution < -0.4 is 10.2 Å². The third kappa shape index (κ3) is 66.9. The molecule has 0 aromatic carbocycles. The third-order valence-corrected chi connectivity index (χ3v) is 16.7. The van der Waals surface area contributed by atoms with Crippen LogP contribution in [0.5, 0.6) is 0 Å². The molecular weight excluding hydrogens is 1060 g/mol. The van der Waals surface area contributed by atoms with Gasteiger partial charge in [0, 0.05) is 6.42 Å². The maximum Gasteiger partial charge on any atom is 0.268 e. The number of carbonyl (C=O) groups is 1. The molecule has 1 amide bonds. The minimum Gasteiger partial charge on any atom is -0.756 e.